The molecule has 3 heteroatoms. The maximum absolute atomic E-state index is 10.3. The molecule has 2 aliphatic rings. The highest BCUT2D eigenvalue weighted by Crippen LogP contribution is 2.53. The standard InChI is InChI=1S/C12H15BrO2/c13-10-3-4-15-12(10)11(14)9-6-7-1-2-8(9)5-7/h3-4,7-9,11,14H,1-2,5-6H2. The van der Waals surface area contributed by atoms with Gasteiger partial charge in [0.2, 0.25) is 0 Å². The highest BCUT2D eigenvalue weighted by Gasteiger charge is 2.44. The number of rotatable bonds is 2. The summed E-state index contributed by atoms with van der Waals surface area (Å²) in [5.74, 6) is 2.73. The summed E-state index contributed by atoms with van der Waals surface area (Å²) in [6, 6.07) is 1.85. The van der Waals surface area contributed by atoms with Crippen LogP contribution in [0, 0.1) is 17.8 Å². The van der Waals surface area contributed by atoms with E-state index in [4.69, 9.17) is 4.42 Å². The highest BCUT2D eigenvalue weighted by atomic mass is 79.9. The van der Waals surface area contributed by atoms with Crippen molar-refractivity contribution in [3.63, 3.8) is 0 Å². The molecule has 82 valence electrons. The third kappa shape index (κ3) is 1.56. The molecule has 0 saturated heterocycles. The summed E-state index contributed by atoms with van der Waals surface area (Å²) >= 11 is 3.41. The summed E-state index contributed by atoms with van der Waals surface area (Å²) in [6.07, 6.45) is 6.39. The van der Waals surface area contributed by atoms with Crippen LogP contribution in [-0.4, -0.2) is 5.11 Å². The van der Waals surface area contributed by atoms with Crippen LogP contribution in [0.3, 0.4) is 0 Å². The van der Waals surface area contributed by atoms with Gasteiger partial charge in [-0.05, 0) is 59.0 Å². The van der Waals surface area contributed by atoms with Crippen LogP contribution < -0.4 is 0 Å². The second-order valence-corrected chi connectivity index (χ2v) is 5.77. The first-order valence-corrected chi connectivity index (χ1v) is 6.46. The van der Waals surface area contributed by atoms with Gasteiger partial charge in [0, 0.05) is 0 Å². The summed E-state index contributed by atoms with van der Waals surface area (Å²) in [4.78, 5) is 0. The molecule has 2 saturated carbocycles. The number of hydrogen-bond acceptors (Lipinski definition) is 2. The molecule has 0 amide bonds. The lowest BCUT2D eigenvalue weighted by Gasteiger charge is -2.25. The zero-order valence-electron chi connectivity index (χ0n) is 8.53. The van der Waals surface area contributed by atoms with Gasteiger partial charge in [-0.2, -0.15) is 0 Å². The van der Waals surface area contributed by atoms with E-state index in [2.05, 4.69) is 15.9 Å². The van der Waals surface area contributed by atoms with Gasteiger partial charge in [-0.1, -0.05) is 6.42 Å². The third-order valence-corrected chi connectivity index (χ3v) is 4.77. The summed E-state index contributed by atoms with van der Waals surface area (Å²) in [5, 5.41) is 10.3. The Balaban J connectivity index is 1.81. The Morgan fingerprint density at radius 1 is 1.40 bits per heavy atom. The SMILES string of the molecule is OC(c1occc1Br)C1CC2CCC1C2. The number of fused-ring (bicyclic) bond motifs is 2. The monoisotopic (exact) mass is 270 g/mol. The maximum atomic E-state index is 10.3. The van der Waals surface area contributed by atoms with E-state index in [0.29, 0.717) is 11.7 Å². The van der Waals surface area contributed by atoms with Gasteiger partial charge in [0.25, 0.3) is 0 Å². The predicted molar refractivity (Wildman–Crippen MR) is 60.3 cm³/mol. The quantitative estimate of drug-likeness (QED) is 0.892. The van der Waals surface area contributed by atoms with Crippen LogP contribution in [0.1, 0.15) is 37.5 Å². The van der Waals surface area contributed by atoms with E-state index in [1.54, 1.807) is 6.26 Å². The fraction of sp³-hybridized carbons (Fsp3) is 0.667. The van der Waals surface area contributed by atoms with Crippen molar-refractivity contribution in [1.82, 2.24) is 0 Å². The Hall–Kier alpha value is -0.280. The first-order valence-electron chi connectivity index (χ1n) is 5.66. The molecular weight excluding hydrogens is 256 g/mol. The highest BCUT2D eigenvalue weighted by molar-refractivity contribution is 9.10. The Kier molecular flexibility index (Phi) is 2.40. The second kappa shape index (κ2) is 3.63. The molecular formula is C12H15BrO2. The van der Waals surface area contributed by atoms with Crippen molar-refractivity contribution in [3.8, 4) is 0 Å². The molecule has 2 aliphatic carbocycles. The van der Waals surface area contributed by atoms with Gasteiger partial charge < -0.3 is 9.52 Å². The lowest BCUT2D eigenvalue weighted by atomic mass is 9.84. The van der Waals surface area contributed by atoms with Gasteiger partial charge in [0.1, 0.15) is 11.9 Å². The summed E-state index contributed by atoms with van der Waals surface area (Å²) < 4.78 is 6.25. The maximum Gasteiger partial charge on any atom is 0.146 e. The van der Waals surface area contributed by atoms with Crippen LogP contribution in [0.4, 0.5) is 0 Å². The van der Waals surface area contributed by atoms with Crippen LogP contribution in [0.15, 0.2) is 21.2 Å². The number of hydrogen-bond donors (Lipinski definition) is 1. The Labute approximate surface area is 97.8 Å². The van der Waals surface area contributed by atoms with E-state index in [1.165, 1.54) is 25.7 Å². The van der Waals surface area contributed by atoms with Crippen LogP contribution in [0.25, 0.3) is 0 Å². The fourth-order valence-corrected chi connectivity index (χ4v) is 3.83. The van der Waals surface area contributed by atoms with E-state index < -0.39 is 6.10 Å². The molecule has 15 heavy (non-hydrogen) atoms. The average molecular weight is 271 g/mol. The van der Waals surface area contributed by atoms with Gasteiger partial charge in [-0.15, -0.1) is 0 Å². The first kappa shape index (κ1) is 9.91. The zero-order chi connectivity index (χ0) is 10.4. The van der Waals surface area contributed by atoms with Crippen molar-refractivity contribution in [2.75, 3.05) is 0 Å². The Morgan fingerprint density at radius 3 is 2.80 bits per heavy atom. The predicted octanol–water partition coefficient (Wildman–Crippen LogP) is 3.51. The third-order valence-electron chi connectivity index (χ3n) is 4.11. The van der Waals surface area contributed by atoms with Crippen LogP contribution in [0.5, 0.6) is 0 Å². The topological polar surface area (TPSA) is 33.4 Å². The molecule has 2 nitrogen and oxygen atoms in total. The van der Waals surface area contributed by atoms with E-state index in [-0.39, 0.29) is 0 Å². The van der Waals surface area contributed by atoms with E-state index in [9.17, 15) is 5.11 Å². The van der Waals surface area contributed by atoms with E-state index in [1.807, 2.05) is 6.07 Å². The van der Waals surface area contributed by atoms with Crippen molar-refractivity contribution in [2.45, 2.75) is 31.8 Å². The normalized spacial score (nSPS) is 36.0. The van der Waals surface area contributed by atoms with Crippen molar-refractivity contribution in [3.05, 3.63) is 22.6 Å². The van der Waals surface area contributed by atoms with Crippen molar-refractivity contribution >= 4 is 15.9 Å². The van der Waals surface area contributed by atoms with E-state index in [0.717, 1.165) is 16.3 Å². The molecule has 1 aromatic heterocycles. The van der Waals surface area contributed by atoms with Crippen molar-refractivity contribution < 1.29 is 9.52 Å². The summed E-state index contributed by atoms with van der Waals surface area (Å²) in [5.41, 5.74) is 0. The molecule has 1 heterocycles. The van der Waals surface area contributed by atoms with Crippen molar-refractivity contribution in [2.24, 2.45) is 17.8 Å². The van der Waals surface area contributed by atoms with E-state index >= 15 is 0 Å². The Bertz CT molecular complexity index is 360. The molecule has 4 atom stereocenters. The fourth-order valence-electron chi connectivity index (χ4n) is 3.39. The van der Waals surface area contributed by atoms with Crippen LogP contribution in [-0.2, 0) is 0 Å². The lowest BCUT2D eigenvalue weighted by Crippen LogP contribution is -2.18. The molecule has 4 unspecified atom stereocenters. The van der Waals surface area contributed by atoms with Crippen molar-refractivity contribution in [1.29, 1.82) is 0 Å². The largest absolute Gasteiger partial charge is 0.465 e. The van der Waals surface area contributed by atoms with Gasteiger partial charge in [-0.25, -0.2) is 0 Å². The second-order valence-electron chi connectivity index (χ2n) is 4.92. The summed E-state index contributed by atoms with van der Waals surface area (Å²) in [6.45, 7) is 0. The first-order chi connectivity index (χ1) is 7.25. The number of aliphatic hydroxyl groups is 1. The minimum Gasteiger partial charge on any atom is -0.465 e. The average Bonchev–Trinajstić information content (AvgIpc) is 2.91. The number of halogens is 1. The smallest absolute Gasteiger partial charge is 0.146 e. The molecule has 2 fully saturated rings. The molecule has 3 rings (SSSR count). The minimum atomic E-state index is -0.412. The molecule has 0 radical (unpaired) electrons. The molecule has 1 N–H and O–H groups in total. The molecule has 1 aromatic rings. The van der Waals surface area contributed by atoms with Crippen LogP contribution in [0.2, 0.25) is 0 Å². The lowest BCUT2D eigenvalue weighted by molar-refractivity contribution is 0.0552. The Morgan fingerprint density at radius 2 is 2.27 bits per heavy atom. The zero-order valence-corrected chi connectivity index (χ0v) is 10.1. The minimum absolute atomic E-state index is 0.412. The molecule has 0 aromatic carbocycles. The van der Waals surface area contributed by atoms with Gasteiger partial charge >= 0.3 is 0 Å². The number of aliphatic hydroxyl groups excluding tert-OH is 1. The molecule has 0 aliphatic heterocycles. The molecule has 0 spiro atoms. The van der Waals surface area contributed by atoms with Gasteiger partial charge in [0.05, 0.1) is 10.7 Å². The summed E-state index contributed by atoms with van der Waals surface area (Å²) in [7, 11) is 0. The van der Waals surface area contributed by atoms with Crippen LogP contribution >= 0.6 is 15.9 Å². The number of furan rings is 1. The van der Waals surface area contributed by atoms with Gasteiger partial charge in [-0.3, -0.25) is 0 Å². The molecule has 2 bridgehead atoms. The van der Waals surface area contributed by atoms with Gasteiger partial charge in [0.15, 0.2) is 0 Å².